The van der Waals surface area contributed by atoms with Gasteiger partial charge in [0.25, 0.3) is 0 Å². The molecule has 0 aliphatic carbocycles. The first kappa shape index (κ1) is 24.1. The van der Waals surface area contributed by atoms with Crippen LogP contribution < -0.4 is 10.6 Å². The van der Waals surface area contributed by atoms with Crippen LogP contribution in [0.1, 0.15) is 68.7 Å². The van der Waals surface area contributed by atoms with Crippen molar-refractivity contribution < 1.29 is 4.79 Å². The summed E-state index contributed by atoms with van der Waals surface area (Å²) < 4.78 is 1.90. The van der Waals surface area contributed by atoms with Gasteiger partial charge in [0.2, 0.25) is 5.91 Å². The van der Waals surface area contributed by atoms with Crippen molar-refractivity contribution in [1.82, 2.24) is 29.3 Å². The van der Waals surface area contributed by atoms with Gasteiger partial charge in [0.15, 0.2) is 5.65 Å². The zero-order chi connectivity index (χ0) is 24.8. The normalized spacial score (nSPS) is 30.5. The molecular weight excluding hydrogens is 452 g/mol. The summed E-state index contributed by atoms with van der Waals surface area (Å²) in [5.74, 6) is 1.46. The quantitative estimate of drug-likeness (QED) is 0.698. The average molecular weight is 495 g/mol. The largest absolute Gasteiger partial charge is 0.355 e. The van der Waals surface area contributed by atoms with Crippen LogP contribution in [0.5, 0.6) is 0 Å². The number of hydrogen-bond acceptors (Lipinski definition) is 7. The van der Waals surface area contributed by atoms with Crippen molar-refractivity contribution in [2.45, 2.75) is 76.5 Å². The first-order valence-electron chi connectivity index (χ1n) is 14.1. The summed E-state index contributed by atoms with van der Waals surface area (Å²) in [7, 11) is 2.23. The highest BCUT2D eigenvalue weighted by molar-refractivity contribution is 5.79. The Morgan fingerprint density at radius 1 is 1.03 bits per heavy atom. The number of carbonyl (C=O) groups is 1. The van der Waals surface area contributed by atoms with Gasteiger partial charge in [-0.1, -0.05) is 0 Å². The summed E-state index contributed by atoms with van der Waals surface area (Å²) in [6.45, 7) is 8.07. The fraction of sp³-hybridized carbons (Fsp3) is 0.741. The molecule has 6 heterocycles. The minimum atomic E-state index is 0.0433. The molecule has 0 spiro atoms. The monoisotopic (exact) mass is 494 g/mol. The molecule has 0 saturated carbocycles. The van der Waals surface area contributed by atoms with Crippen molar-refractivity contribution in [2.24, 2.45) is 11.7 Å². The minimum Gasteiger partial charge on any atom is -0.355 e. The van der Waals surface area contributed by atoms with E-state index in [2.05, 4.69) is 45.8 Å². The Kier molecular flexibility index (Phi) is 6.64. The lowest BCUT2D eigenvalue weighted by molar-refractivity contribution is -0.143. The fourth-order valence-corrected chi connectivity index (χ4v) is 6.97. The zero-order valence-electron chi connectivity index (χ0n) is 22.0. The summed E-state index contributed by atoms with van der Waals surface area (Å²) in [5, 5.41) is 4.95. The molecule has 196 valence electrons. The second-order valence-electron chi connectivity index (χ2n) is 11.6. The number of nitrogens with two attached hydrogens (primary N) is 1. The lowest BCUT2D eigenvalue weighted by Gasteiger charge is -2.44. The number of aryl methyl sites for hydroxylation is 1. The molecule has 0 aromatic carbocycles. The van der Waals surface area contributed by atoms with Crippen LogP contribution in [-0.2, 0) is 4.79 Å². The van der Waals surface area contributed by atoms with Gasteiger partial charge in [-0.25, -0.2) is 9.50 Å². The summed E-state index contributed by atoms with van der Waals surface area (Å²) in [5.41, 5.74) is 9.11. The average Bonchev–Trinajstić information content (AvgIpc) is 3.64. The van der Waals surface area contributed by atoms with E-state index in [-0.39, 0.29) is 18.0 Å². The Morgan fingerprint density at radius 2 is 1.83 bits per heavy atom. The molecule has 0 bridgehead atoms. The number of nitrogens with zero attached hydrogens (tertiary/aromatic N) is 7. The third kappa shape index (κ3) is 4.50. The van der Waals surface area contributed by atoms with Crippen LogP contribution >= 0.6 is 0 Å². The summed E-state index contributed by atoms with van der Waals surface area (Å²) in [6, 6.07) is 2.37. The molecule has 1 amide bonds. The zero-order valence-corrected chi connectivity index (χ0v) is 22.0. The molecule has 36 heavy (non-hydrogen) atoms. The van der Waals surface area contributed by atoms with Gasteiger partial charge in [-0.3, -0.25) is 14.6 Å². The first-order chi connectivity index (χ1) is 17.5. The minimum absolute atomic E-state index is 0.0433. The molecule has 4 fully saturated rings. The number of aromatic nitrogens is 3. The Hall–Kier alpha value is -2.23. The molecule has 4 aliphatic rings. The van der Waals surface area contributed by atoms with Gasteiger partial charge in [-0.15, -0.1) is 0 Å². The van der Waals surface area contributed by atoms with Gasteiger partial charge in [-0.2, -0.15) is 5.10 Å². The third-order valence-electron chi connectivity index (χ3n) is 9.02. The number of amides is 1. The molecule has 2 aromatic rings. The highest BCUT2D eigenvalue weighted by Gasteiger charge is 2.39. The highest BCUT2D eigenvalue weighted by Crippen LogP contribution is 2.35. The lowest BCUT2D eigenvalue weighted by atomic mass is 9.90. The van der Waals surface area contributed by atoms with Crippen LogP contribution in [0.25, 0.3) is 5.65 Å². The number of rotatable bonds is 4. The molecular formula is C27H42N8O. The topological polar surface area (TPSA) is 86.2 Å². The maximum absolute atomic E-state index is 14.0. The maximum Gasteiger partial charge on any atom is 0.226 e. The second kappa shape index (κ2) is 9.91. The first-order valence-corrected chi connectivity index (χ1v) is 14.1. The van der Waals surface area contributed by atoms with Crippen molar-refractivity contribution >= 4 is 17.4 Å². The summed E-state index contributed by atoms with van der Waals surface area (Å²) >= 11 is 0. The second-order valence-corrected chi connectivity index (χ2v) is 11.6. The van der Waals surface area contributed by atoms with Crippen molar-refractivity contribution in [1.29, 1.82) is 0 Å². The van der Waals surface area contributed by atoms with E-state index in [1.807, 2.05) is 4.52 Å². The van der Waals surface area contributed by atoms with Gasteiger partial charge in [0, 0.05) is 56.0 Å². The molecule has 4 saturated heterocycles. The van der Waals surface area contributed by atoms with Crippen LogP contribution in [0.3, 0.4) is 0 Å². The summed E-state index contributed by atoms with van der Waals surface area (Å²) in [4.78, 5) is 28.4. The molecule has 2 N–H and O–H groups in total. The van der Waals surface area contributed by atoms with Crippen molar-refractivity contribution in [3.05, 3.63) is 23.5 Å². The van der Waals surface area contributed by atoms with Gasteiger partial charge in [0.1, 0.15) is 5.82 Å². The van der Waals surface area contributed by atoms with E-state index in [9.17, 15) is 4.79 Å². The Morgan fingerprint density at radius 3 is 2.61 bits per heavy atom. The predicted octanol–water partition coefficient (Wildman–Crippen LogP) is 2.39. The molecule has 0 radical (unpaired) electrons. The lowest BCUT2D eigenvalue weighted by Crippen LogP contribution is -2.53. The van der Waals surface area contributed by atoms with E-state index in [0.29, 0.717) is 12.1 Å². The number of fused-ring (bicyclic) bond motifs is 1. The number of piperidine rings is 2. The number of hydrogen-bond donors (Lipinski definition) is 1. The smallest absolute Gasteiger partial charge is 0.226 e. The van der Waals surface area contributed by atoms with Crippen LogP contribution in [0.4, 0.5) is 5.82 Å². The Labute approximate surface area is 214 Å². The van der Waals surface area contributed by atoms with Crippen molar-refractivity contribution in [3.8, 4) is 0 Å². The molecule has 2 aromatic heterocycles. The van der Waals surface area contributed by atoms with Gasteiger partial charge < -0.3 is 15.5 Å². The van der Waals surface area contributed by atoms with Gasteiger partial charge >= 0.3 is 0 Å². The van der Waals surface area contributed by atoms with Gasteiger partial charge in [0.05, 0.1) is 17.9 Å². The van der Waals surface area contributed by atoms with E-state index in [4.69, 9.17) is 15.8 Å². The van der Waals surface area contributed by atoms with Crippen LogP contribution in [0, 0.1) is 12.8 Å². The SMILES string of the molecule is Cc1cn2nc([C@@H]3CCCCN3C(=O)C3CCN(C)C(N4CCCC4)C3)cc2nc1N1CC[C@H](N)C1. The Bertz CT molecular complexity index is 1090. The fourth-order valence-electron chi connectivity index (χ4n) is 6.97. The van der Waals surface area contributed by atoms with E-state index in [1.54, 1.807) is 0 Å². The standard InChI is InChI=1S/C27H42N8O/c1-19-17-35-24(29-26(19)33-14-9-21(28)18-33)16-22(30-35)23-7-3-4-12-34(23)27(36)20-8-13-31(2)25(15-20)32-10-5-6-11-32/h16-17,20-21,23,25H,3-15,18,28H2,1-2H3/t20?,21-,23-,25?/m0/s1. The van der Waals surface area contributed by atoms with Gasteiger partial charge in [-0.05, 0) is 78.4 Å². The van der Waals surface area contributed by atoms with E-state index in [1.165, 1.54) is 25.9 Å². The summed E-state index contributed by atoms with van der Waals surface area (Å²) in [6.07, 6.45) is 11.1. The third-order valence-corrected chi connectivity index (χ3v) is 9.02. The number of likely N-dealkylation sites (tertiary alicyclic amines) is 3. The number of anilines is 1. The maximum atomic E-state index is 14.0. The molecule has 4 aliphatic heterocycles. The van der Waals surface area contributed by atoms with E-state index < -0.39 is 0 Å². The molecule has 4 atom stereocenters. The van der Waals surface area contributed by atoms with Crippen molar-refractivity contribution in [3.63, 3.8) is 0 Å². The van der Waals surface area contributed by atoms with E-state index in [0.717, 1.165) is 87.4 Å². The molecule has 2 unspecified atom stereocenters. The Balaban J connectivity index is 1.23. The molecule has 6 rings (SSSR count). The number of carbonyl (C=O) groups excluding carboxylic acids is 1. The van der Waals surface area contributed by atoms with Crippen LogP contribution in [0.15, 0.2) is 12.3 Å². The molecule has 9 nitrogen and oxygen atoms in total. The van der Waals surface area contributed by atoms with E-state index >= 15 is 0 Å². The van der Waals surface area contributed by atoms with Crippen LogP contribution in [-0.4, -0.2) is 93.7 Å². The van der Waals surface area contributed by atoms with Crippen molar-refractivity contribution in [2.75, 3.05) is 51.2 Å². The highest BCUT2D eigenvalue weighted by atomic mass is 16.2. The molecule has 9 heteroatoms. The van der Waals surface area contributed by atoms with Crippen LogP contribution in [0.2, 0.25) is 0 Å². The predicted molar refractivity (Wildman–Crippen MR) is 141 cm³/mol.